The molecule has 0 heterocycles. The zero-order valence-electron chi connectivity index (χ0n) is 12.1. The van der Waals surface area contributed by atoms with Crippen LogP contribution in [0.5, 0.6) is 5.75 Å². The highest BCUT2D eigenvalue weighted by Gasteiger charge is 2.23. The number of sulfonamides is 1. The van der Waals surface area contributed by atoms with Gasteiger partial charge in [0, 0.05) is 11.3 Å². The summed E-state index contributed by atoms with van der Waals surface area (Å²) in [6.45, 7) is 3.46. The lowest BCUT2D eigenvalue weighted by molar-refractivity contribution is 0.282. The summed E-state index contributed by atoms with van der Waals surface area (Å²) in [5.74, 6) is 0.648. The second kappa shape index (κ2) is 7.31. The topological polar surface area (TPSA) is 75.6 Å². The van der Waals surface area contributed by atoms with E-state index in [1.807, 2.05) is 6.26 Å². The van der Waals surface area contributed by atoms with Gasteiger partial charge < -0.3 is 9.84 Å². The van der Waals surface area contributed by atoms with Crippen LogP contribution < -0.4 is 9.46 Å². The molecule has 0 aromatic heterocycles. The van der Waals surface area contributed by atoms with Crippen molar-refractivity contribution in [3.63, 3.8) is 0 Å². The van der Waals surface area contributed by atoms with Crippen LogP contribution in [-0.4, -0.2) is 44.8 Å². The highest BCUT2D eigenvalue weighted by molar-refractivity contribution is 7.99. The van der Waals surface area contributed by atoms with Gasteiger partial charge in [0.25, 0.3) is 0 Å². The van der Waals surface area contributed by atoms with Crippen molar-refractivity contribution >= 4 is 21.8 Å². The predicted molar refractivity (Wildman–Crippen MR) is 81.9 cm³/mol. The number of hydrogen-bond acceptors (Lipinski definition) is 5. The number of aliphatic hydroxyl groups excluding tert-OH is 1. The molecule has 2 atom stereocenters. The number of methoxy groups -OCH3 is 1. The molecule has 0 bridgehead atoms. The summed E-state index contributed by atoms with van der Waals surface area (Å²) in [4.78, 5) is 0.195. The standard InChI is InChI=1S/C13H21NO4S2/c1-9-7-11(5-6-12(9)18-3)20(16,17)14-10(2)13(8-15)19-4/h5-7,10,13-15H,8H2,1-4H3. The van der Waals surface area contributed by atoms with Gasteiger partial charge >= 0.3 is 0 Å². The van der Waals surface area contributed by atoms with Gasteiger partial charge in [-0.2, -0.15) is 11.8 Å². The number of ether oxygens (including phenoxy) is 1. The molecule has 5 nitrogen and oxygen atoms in total. The summed E-state index contributed by atoms with van der Waals surface area (Å²) in [7, 11) is -2.06. The molecule has 2 unspecified atom stereocenters. The first kappa shape index (κ1) is 17.3. The SMILES string of the molecule is COc1ccc(S(=O)(=O)NC(C)C(CO)SC)cc1C. The van der Waals surface area contributed by atoms with Crippen LogP contribution in [0.3, 0.4) is 0 Å². The highest BCUT2D eigenvalue weighted by Crippen LogP contribution is 2.22. The second-order valence-corrected chi connectivity index (χ2v) is 7.29. The zero-order valence-corrected chi connectivity index (χ0v) is 13.7. The minimum Gasteiger partial charge on any atom is -0.496 e. The average Bonchev–Trinajstić information content (AvgIpc) is 2.39. The third-order valence-electron chi connectivity index (χ3n) is 3.06. The maximum absolute atomic E-state index is 12.3. The average molecular weight is 319 g/mol. The Hall–Kier alpha value is -0.760. The van der Waals surface area contributed by atoms with E-state index in [1.165, 1.54) is 17.8 Å². The van der Waals surface area contributed by atoms with Crippen LogP contribution in [0.4, 0.5) is 0 Å². The molecule has 20 heavy (non-hydrogen) atoms. The minimum atomic E-state index is -3.60. The van der Waals surface area contributed by atoms with Crippen LogP contribution in [-0.2, 0) is 10.0 Å². The molecular weight excluding hydrogens is 298 g/mol. The van der Waals surface area contributed by atoms with Crippen molar-refractivity contribution in [1.82, 2.24) is 4.72 Å². The molecule has 0 aliphatic carbocycles. The van der Waals surface area contributed by atoms with E-state index in [9.17, 15) is 13.5 Å². The van der Waals surface area contributed by atoms with Crippen LogP contribution in [0.15, 0.2) is 23.1 Å². The Morgan fingerprint density at radius 1 is 1.45 bits per heavy atom. The molecule has 1 aromatic rings. The summed E-state index contributed by atoms with van der Waals surface area (Å²) >= 11 is 1.43. The molecule has 7 heteroatoms. The third-order valence-corrected chi connectivity index (χ3v) is 5.78. The van der Waals surface area contributed by atoms with Crippen molar-refractivity contribution in [1.29, 1.82) is 0 Å². The fourth-order valence-corrected chi connectivity index (χ4v) is 3.92. The van der Waals surface area contributed by atoms with Gasteiger partial charge in [-0.1, -0.05) is 0 Å². The monoisotopic (exact) mass is 319 g/mol. The fourth-order valence-electron chi connectivity index (χ4n) is 1.84. The van der Waals surface area contributed by atoms with Gasteiger partial charge in [-0.3, -0.25) is 0 Å². The lowest BCUT2D eigenvalue weighted by atomic mass is 10.2. The Morgan fingerprint density at radius 3 is 2.55 bits per heavy atom. The van der Waals surface area contributed by atoms with E-state index in [4.69, 9.17) is 4.74 Å². The summed E-state index contributed by atoms with van der Waals surface area (Å²) in [6, 6.07) is 4.35. The molecule has 0 amide bonds. The zero-order chi connectivity index (χ0) is 15.3. The third kappa shape index (κ3) is 4.12. The van der Waals surface area contributed by atoms with E-state index in [1.54, 1.807) is 33.1 Å². The largest absolute Gasteiger partial charge is 0.496 e. The summed E-state index contributed by atoms with van der Waals surface area (Å²) in [5.41, 5.74) is 0.756. The van der Waals surface area contributed by atoms with Gasteiger partial charge in [0.2, 0.25) is 10.0 Å². The molecule has 0 aliphatic heterocycles. The second-order valence-electron chi connectivity index (χ2n) is 4.50. The molecule has 1 aromatic carbocycles. The van der Waals surface area contributed by atoms with E-state index in [-0.39, 0.29) is 22.8 Å². The van der Waals surface area contributed by atoms with Crippen LogP contribution in [0.25, 0.3) is 0 Å². The Morgan fingerprint density at radius 2 is 2.10 bits per heavy atom. The van der Waals surface area contributed by atoms with Crippen LogP contribution in [0, 0.1) is 6.92 Å². The van der Waals surface area contributed by atoms with Crippen LogP contribution in [0.2, 0.25) is 0 Å². The van der Waals surface area contributed by atoms with Gasteiger partial charge in [-0.05, 0) is 43.9 Å². The Balaban J connectivity index is 2.97. The first-order valence-corrected chi connectivity index (χ1v) is 8.93. The molecule has 2 N–H and O–H groups in total. The van der Waals surface area contributed by atoms with Crippen molar-refractivity contribution in [2.75, 3.05) is 20.0 Å². The van der Waals surface area contributed by atoms with E-state index >= 15 is 0 Å². The lowest BCUT2D eigenvalue weighted by Gasteiger charge is -2.21. The van der Waals surface area contributed by atoms with E-state index in [0.29, 0.717) is 5.75 Å². The van der Waals surface area contributed by atoms with Gasteiger partial charge in [0.05, 0.1) is 18.6 Å². The van der Waals surface area contributed by atoms with Crippen LogP contribution in [0.1, 0.15) is 12.5 Å². The molecular formula is C13H21NO4S2. The maximum Gasteiger partial charge on any atom is 0.240 e. The van der Waals surface area contributed by atoms with Crippen molar-refractivity contribution in [3.05, 3.63) is 23.8 Å². The number of rotatable bonds is 7. The quantitative estimate of drug-likeness (QED) is 0.794. The van der Waals surface area contributed by atoms with Crippen molar-refractivity contribution in [2.45, 2.75) is 30.0 Å². The normalized spacial score (nSPS) is 14.8. The van der Waals surface area contributed by atoms with Gasteiger partial charge in [-0.15, -0.1) is 0 Å². The number of hydrogen-bond donors (Lipinski definition) is 2. The fraction of sp³-hybridized carbons (Fsp3) is 0.538. The smallest absolute Gasteiger partial charge is 0.240 e. The van der Waals surface area contributed by atoms with Crippen molar-refractivity contribution in [3.8, 4) is 5.75 Å². The molecule has 1 rings (SSSR count). The van der Waals surface area contributed by atoms with E-state index < -0.39 is 10.0 Å². The van der Waals surface area contributed by atoms with Crippen molar-refractivity contribution in [2.24, 2.45) is 0 Å². The van der Waals surface area contributed by atoms with E-state index in [2.05, 4.69) is 4.72 Å². The molecule has 0 spiro atoms. The summed E-state index contributed by atoms with van der Waals surface area (Å²) in [6.07, 6.45) is 1.84. The maximum atomic E-state index is 12.3. The predicted octanol–water partition coefficient (Wildman–Crippen LogP) is 1.39. The van der Waals surface area contributed by atoms with E-state index in [0.717, 1.165) is 5.56 Å². The van der Waals surface area contributed by atoms with Gasteiger partial charge in [0.15, 0.2) is 0 Å². The van der Waals surface area contributed by atoms with Crippen molar-refractivity contribution < 1.29 is 18.3 Å². The molecule has 0 saturated heterocycles. The first-order valence-electron chi connectivity index (χ1n) is 6.16. The summed E-state index contributed by atoms with van der Waals surface area (Å²) in [5, 5.41) is 9.03. The number of aryl methyl sites for hydroxylation is 1. The lowest BCUT2D eigenvalue weighted by Crippen LogP contribution is -2.41. The van der Waals surface area contributed by atoms with Gasteiger partial charge in [0.1, 0.15) is 5.75 Å². The van der Waals surface area contributed by atoms with Crippen LogP contribution >= 0.6 is 11.8 Å². The van der Waals surface area contributed by atoms with Gasteiger partial charge in [-0.25, -0.2) is 13.1 Å². The molecule has 114 valence electrons. The minimum absolute atomic E-state index is 0.0769. The highest BCUT2D eigenvalue weighted by atomic mass is 32.2. The number of thioether (sulfide) groups is 1. The number of benzene rings is 1. The number of nitrogens with one attached hydrogen (secondary N) is 1. The first-order chi connectivity index (χ1) is 9.35. The Labute approximate surface area is 124 Å². The summed E-state index contributed by atoms with van der Waals surface area (Å²) < 4.78 is 32.3. The Kier molecular flexibility index (Phi) is 6.32. The molecule has 0 aliphatic rings. The molecule has 0 fully saturated rings. The molecule has 0 saturated carbocycles. The number of aliphatic hydroxyl groups is 1. The Bertz CT molecular complexity index is 541. The molecule has 0 radical (unpaired) electrons.